The number of hydrogen-bond donors (Lipinski definition) is 0. The van der Waals surface area contributed by atoms with Crippen LogP contribution in [0.15, 0.2) is 12.4 Å². The molecule has 0 spiro atoms. The van der Waals surface area contributed by atoms with Gasteiger partial charge in [-0.3, -0.25) is 4.84 Å². The van der Waals surface area contributed by atoms with Crippen molar-refractivity contribution in [1.29, 1.82) is 0 Å². The van der Waals surface area contributed by atoms with Crippen LogP contribution >= 0.6 is 11.6 Å². The molecule has 0 unspecified atom stereocenters. The fourth-order valence-electron chi connectivity index (χ4n) is 0.624. The molecular weight excluding hydrogens is 196 g/mol. The van der Waals surface area contributed by atoms with E-state index in [9.17, 15) is 4.79 Å². The summed E-state index contributed by atoms with van der Waals surface area (Å²) in [5, 5.41) is 4.01. The topological polar surface area (TPSA) is 53.4 Å². The molecule has 0 aliphatic rings. The normalized spacial score (nSPS) is 10.2. The molecule has 13 heavy (non-hydrogen) atoms. The highest BCUT2D eigenvalue weighted by Gasteiger charge is 2.08. The van der Waals surface area contributed by atoms with Crippen LogP contribution in [0.3, 0.4) is 0 Å². The number of hydrogen-bond acceptors (Lipinski definition) is 4. The molecule has 0 aliphatic heterocycles. The van der Waals surface area contributed by atoms with E-state index in [0.29, 0.717) is 5.02 Å². The number of carbonyl (C=O) groups excluding carboxylic acids is 1. The Hall–Kier alpha value is -1.23. The number of halogens is 1. The zero-order valence-corrected chi connectivity index (χ0v) is 7.99. The van der Waals surface area contributed by atoms with E-state index in [1.165, 1.54) is 12.4 Å². The van der Waals surface area contributed by atoms with Gasteiger partial charge in [0, 0.05) is 0 Å². The molecule has 72 valence electrons. The molecule has 5 nitrogen and oxygen atoms in total. The molecule has 0 radical (unpaired) electrons. The Morgan fingerprint density at radius 3 is 2.85 bits per heavy atom. The lowest BCUT2D eigenvalue weighted by Crippen LogP contribution is -2.23. The van der Waals surface area contributed by atoms with Gasteiger partial charge in [0.05, 0.1) is 23.5 Å². The average Bonchev–Trinajstić information content (AvgIpc) is 2.33. The van der Waals surface area contributed by atoms with Gasteiger partial charge in [-0.15, -0.1) is 5.10 Å². The van der Waals surface area contributed by atoms with E-state index in [4.69, 9.17) is 16.3 Å². The van der Waals surface area contributed by atoms with Gasteiger partial charge >= 0.3 is 6.16 Å². The Balaban J connectivity index is 2.45. The third-order valence-electron chi connectivity index (χ3n) is 1.03. The summed E-state index contributed by atoms with van der Waals surface area (Å²) in [6.45, 7) is 3.44. The van der Waals surface area contributed by atoms with Gasteiger partial charge in [0.25, 0.3) is 0 Å². The Morgan fingerprint density at radius 2 is 2.38 bits per heavy atom. The minimum Gasteiger partial charge on any atom is -0.430 e. The maximum Gasteiger partial charge on any atom is 0.535 e. The smallest absolute Gasteiger partial charge is 0.430 e. The van der Waals surface area contributed by atoms with E-state index in [2.05, 4.69) is 9.94 Å². The summed E-state index contributed by atoms with van der Waals surface area (Å²) in [6, 6.07) is 0. The van der Waals surface area contributed by atoms with Crippen LogP contribution in [0.5, 0.6) is 0 Å². The molecule has 6 heteroatoms. The van der Waals surface area contributed by atoms with E-state index in [-0.39, 0.29) is 6.10 Å². The second-order valence-corrected chi connectivity index (χ2v) is 3.01. The largest absolute Gasteiger partial charge is 0.535 e. The fraction of sp³-hybridized carbons (Fsp3) is 0.429. The quantitative estimate of drug-likeness (QED) is 0.686. The van der Waals surface area contributed by atoms with Crippen LogP contribution in [0.4, 0.5) is 4.79 Å². The first-order valence-corrected chi connectivity index (χ1v) is 4.05. The molecule has 0 aliphatic carbocycles. The Labute approximate surface area is 80.1 Å². The van der Waals surface area contributed by atoms with Gasteiger partial charge in [0.2, 0.25) is 0 Å². The molecule has 0 amide bonds. The number of aromatic nitrogens is 2. The summed E-state index contributed by atoms with van der Waals surface area (Å²) in [5.41, 5.74) is 0. The van der Waals surface area contributed by atoms with Crippen LogP contribution in [-0.4, -0.2) is 22.2 Å². The van der Waals surface area contributed by atoms with Crippen LogP contribution < -0.4 is 4.84 Å². The number of carbonyl (C=O) groups is 1. The Kier molecular flexibility index (Phi) is 3.13. The molecule has 1 aromatic heterocycles. The van der Waals surface area contributed by atoms with Crippen LogP contribution in [0.25, 0.3) is 0 Å². The highest BCUT2D eigenvalue weighted by atomic mass is 35.5. The molecule has 1 rings (SSSR count). The lowest BCUT2D eigenvalue weighted by Gasteiger charge is -2.06. The average molecular weight is 205 g/mol. The van der Waals surface area contributed by atoms with Gasteiger partial charge in [0.1, 0.15) is 0 Å². The Morgan fingerprint density at radius 1 is 1.69 bits per heavy atom. The molecule has 0 atom stereocenters. The predicted octanol–water partition coefficient (Wildman–Crippen LogP) is 1.51. The van der Waals surface area contributed by atoms with E-state index in [1.54, 1.807) is 13.8 Å². The van der Waals surface area contributed by atoms with Gasteiger partial charge in [-0.05, 0) is 13.8 Å². The summed E-state index contributed by atoms with van der Waals surface area (Å²) in [6.07, 6.45) is 1.67. The highest BCUT2D eigenvalue weighted by Crippen LogP contribution is 2.03. The molecule has 1 heterocycles. The first-order chi connectivity index (χ1) is 6.08. The second kappa shape index (κ2) is 4.13. The van der Waals surface area contributed by atoms with E-state index in [1.807, 2.05) is 0 Å². The van der Waals surface area contributed by atoms with Crippen molar-refractivity contribution in [2.24, 2.45) is 0 Å². The zero-order chi connectivity index (χ0) is 9.84. The van der Waals surface area contributed by atoms with Crippen molar-refractivity contribution in [2.45, 2.75) is 20.0 Å². The highest BCUT2D eigenvalue weighted by molar-refractivity contribution is 6.30. The minimum atomic E-state index is -0.810. The molecule has 0 aromatic carbocycles. The second-order valence-electron chi connectivity index (χ2n) is 2.57. The summed E-state index contributed by atoms with van der Waals surface area (Å²) < 4.78 is 4.70. The molecule has 1 aromatic rings. The van der Waals surface area contributed by atoms with Crippen molar-refractivity contribution in [3.8, 4) is 0 Å². The summed E-state index contributed by atoms with van der Waals surface area (Å²) >= 11 is 5.53. The fourth-order valence-corrected chi connectivity index (χ4v) is 0.752. The lowest BCUT2D eigenvalue weighted by molar-refractivity contribution is 0.0195. The van der Waals surface area contributed by atoms with Gasteiger partial charge < -0.3 is 4.74 Å². The molecule has 0 fully saturated rings. The van der Waals surface area contributed by atoms with Crippen LogP contribution in [-0.2, 0) is 4.74 Å². The van der Waals surface area contributed by atoms with Crippen LogP contribution in [0.1, 0.15) is 13.8 Å². The number of rotatable bonds is 2. The van der Waals surface area contributed by atoms with Gasteiger partial charge in [-0.2, -0.15) is 0 Å². The third kappa shape index (κ3) is 3.33. The molecule has 0 N–H and O–H groups in total. The number of ether oxygens (including phenoxy) is 1. The van der Waals surface area contributed by atoms with Gasteiger partial charge in [0.15, 0.2) is 0 Å². The molecule has 0 saturated heterocycles. The SMILES string of the molecule is CC(C)OC(=O)On1cc(Cl)cn1. The van der Waals surface area contributed by atoms with Crippen molar-refractivity contribution in [3.63, 3.8) is 0 Å². The number of nitrogens with zero attached hydrogens (tertiary/aromatic N) is 2. The van der Waals surface area contributed by atoms with Crippen molar-refractivity contribution in [2.75, 3.05) is 0 Å². The summed E-state index contributed by atoms with van der Waals surface area (Å²) in [5.74, 6) is 0. The first-order valence-electron chi connectivity index (χ1n) is 3.67. The predicted molar refractivity (Wildman–Crippen MR) is 45.4 cm³/mol. The lowest BCUT2D eigenvalue weighted by atomic mass is 10.5. The molecule has 0 bridgehead atoms. The molecular formula is C7H9ClN2O3. The maximum absolute atomic E-state index is 10.9. The van der Waals surface area contributed by atoms with E-state index in [0.717, 1.165) is 4.85 Å². The zero-order valence-electron chi connectivity index (χ0n) is 7.23. The van der Waals surface area contributed by atoms with Crippen molar-refractivity contribution >= 4 is 17.8 Å². The van der Waals surface area contributed by atoms with Gasteiger partial charge in [-0.1, -0.05) is 16.4 Å². The standard InChI is InChI=1S/C7H9ClN2O3/c1-5(2)12-7(11)13-10-4-6(8)3-9-10/h3-5H,1-2H3. The van der Waals surface area contributed by atoms with Crippen molar-refractivity contribution in [1.82, 2.24) is 9.94 Å². The van der Waals surface area contributed by atoms with Crippen LogP contribution in [0, 0.1) is 0 Å². The minimum absolute atomic E-state index is 0.224. The Bertz CT molecular complexity index is 298. The van der Waals surface area contributed by atoms with Crippen molar-refractivity contribution in [3.05, 3.63) is 17.4 Å². The first kappa shape index (κ1) is 9.85. The van der Waals surface area contributed by atoms with E-state index >= 15 is 0 Å². The summed E-state index contributed by atoms with van der Waals surface area (Å²) in [4.78, 5) is 16.4. The van der Waals surface area contributed by atoms with Gasteiger partial charge in [-0.25, -0.2) is 4.79 Å². The monoisotopic (exact) mass is 204 g/mol. The van der Waals surface area contributed by atoms with Crippen LogP contribution in [0.2, 0.25) is 5.02 Å². The van der Waals surface area contributed by atoms with Crippen molar-refractivity contribution < 1.29 is 14.4 Å². The summed E-state index contributed by atoms with van der Waals surface area (Å²) in [7, 11) is 0. The van der Waals surface area contributed by atoms with E-state index < -0.39 is 6.16 Å². The third-order valence-corrected chi connectivity index (χ3v) is 1.22. The molecule has 0 saturated carbocycles. The maximum atomic E-state index is 10.9.